The van der Waals surface area contributed by atoms with E-state index in [2.05, 4.69) is 6.58 Å². The van der Waals surface area contributed by atoms with Crippen LogP contribution in [0.3, 0.4) is 0 Å². The van der Waals surface area contributed by atoms with Crippen LogP contribution in [-0.2, 0) is 0 Å². The lowest BCUT2D eigenvalue weighted by Crippen LogP contribution is -2.20. The highest BCUT2D eigenvalue weighted by atomic mass is 16.3. The monoisotopic (exact) mass is 208 g/mol. The molecule has 0 aliphatic heterocycles. The molecule has 0 saturated heterocycles. The molecule has 0 aliphatic rings. The van der Waals surface area contributed by atoms with E-state index < -0.39 is 12.2 Å². The average Bonchev–Trinajstić information content (AvgIpc) is 2.28. The zero-order valence-corrected chi connectivity index (χ0v) is 8.50. The van der Waals surface area contributed by atoms with Crippen LogP contribution in [0.15, 0.2) is 30.8 Å². The van der Waals surface area contributed by atoms with Gasteiger partial charge in [0.25, 0.3) is 0 Å². The topological polar surface area (TPSA) is 60.7 Å². The average molecular weight is 208 g/mol. The fourth-order valence-corrected chi connectivity index (χ4v) is 1.46. The standard InChI is InChI=1S/C12H16O3/c1-2-9-5-3-4-6-10(9)12(15)11(14)7-8-13/h2-6,11-15H,1,7-8H2. The van der Waals surface area contributed by atoms with Gasteiger partial charge >= 0.3 is 0 Å². The van der Waals surface area contributed by atoms with Crippen molar-refractivity contribution in [3.8, 4) is 0 Å². The highest BCUT2D eigenvalue weighted by Gasteiger charge is 2.19. The molecule has 2 unspecified atom stereocenters. The first-order valence-electron chi connectivity index (χ1n) is 4.89. The van der Waals surface area contributed by atoms with Gasteiger partial charge in [-0.15, -0.1) is 0 Å². The molecule has 3 N–H and O–H groups in total. The molecule has 0 spiro atoms. The van der Waals surface area contributed by atoms with Crippen LogP contribution >= 0.6 is 0 Å². The molecule has 0 aliphatic carbocycles. The third kappa shape index (κ3) is 2.89. The SMILES string of the molecule is C=Cc1ccccc1C(O)C(O)CCO. The van der Waals surface area contributed by atoms with Gasteiger partial charge in [0.15, 0.2) is 0 Å². The summed E-state index contributed by atoms with van der Waals surface area (Å²) < 4.78 is 0. The van der Waals surface area contributed by atoms with E-state index >= 15 is 0 Å². The smallest absolute Gasteiger partial charge is 0.106 e. The Bertz CT molecular complexity index is 322. The molecule has 0 heterocycles. The van der Waals surface area contributed by atoms with E-state index in [0.29, 0.717) is 5.56 Å². The number of hydrogen-bond donors (Lipinski definition) is 3. The highest BCUT2D eigenvalue weighted by Crippen LogP contribution is 2.23. The van der Waals surface area contributed by atoms with Crippen LogP contribution in [0.1, 0.15) is 23.7 Å². The summed E-state index contributed by atoms with van der Waals surface area (Å²) in [6, 6.07) is 7.18. The minimum atomic E-state index is -0.980. The molecule has 3 nitrogen and oxygen atoms in total. The molecule has 0 fully saturated rings. The lowest BCUT2D eigenvalue weighted by Gasteiger charge is -2.19. The van der Waals surface area contributed by atoms with Gasteiger partial charge in [-0.05, 0) is 17.5 Å². The summed E-state index contributed by atoms with van der Waals surface area (Å²) in [6.07, 6.45) is -0.140. The molecular formula is C12H16O3. The van der Waals surface area contributed by atoms with Gasteiger partial charge in [-0.1, -0.05) is 36.9 Å². The first kappa shape index (κ1) is 11.9. The first-order chi connectivity index (χ1) is 7.20. The van der Waals surface area contributed by atoms with Crippen molar-refractivity contribution < 1.29 is 15.3 Å². The third-order valence-corrected chi connectivity index (χ3v) is 2.32. The molecule has 0 bridgehead atoms. The zero-order valence-electron chi connectivity index (χ0n) is 8.50. The quantitative estimate of drug-likeness (QED) is 0.679. The van der Waals surface area contributed by atoms with Crippen molar-refractivity contribution in [1.82, 2.24) is 0 Å². The molecule has 15 heavy (non-hydrogen) atoms. The molecule has 1 aromatic carbocycles. The Labute approximate surface area is 89.3 Å². The Hall–Kier alpha value is -1.16. The molecule has 82 valence electrons. The van der Waals surface area contributed by atoms with Gasteiger partial charge in [0.2, 0.25) is 0 Å². The molecule has 0 saturated carbocycles. The van der Waals surface area contributed by atoms with E-state index in [4.69, 9.17) is 5.11 Å². The summed E-state index contributed by atoms with van der Waals surface area (Å²) in [4.78, 5) is 0. The fourth-order valence-electron chi connectivity index (χ4n) is 1.46. The predicted octanol–water partition coefficient (Wildman–Crippen LogP) is 1.11. The van der Waals surface area contributed by atoms with Crippen LogP contribution in [0.4, 0.5) is 0 Å². The molecular weight excluding hydrogens is 192 g/mol. The second-order valence-corrected chi connectivity index (χ2v) is 3.36. The lowest BCUT2D eigenvalue weighted by atomic mass is 9.97. The normalized spacial score (nSPS) is 14.6. The van der Waals surface area contributed by atoms with Crippen LogP contribution < -0.4 is 0 Å². The maximum Gasteiger partial charge on any atom is 0.106 e. The molecule has 0 radical (unpaired) electrons. The second kappa shape index (κ2) is 5.66. The Morgan fingerprint density at radius 3 is 2.53 bits per heavy atom. The highest BCUT2D eigenvalue weighted by molar-refractivity contribution is 5.52. The molecule has 0 aromatic heterocycles. The van der Waals surface area contributed by atoms with Crippen molar-refractivity contribution in [3.63, 3.8) is 0 Å². The van der Waals surface area contributed by atoms with Crippen LogP contribution in [0.2, 0.25) is 0 Å². The second-order valence-electron chi connectivity index (χ2n) is 3.36. The Kier molecular flexibility index (Phi) is 4.49. The van der Waals surface area contributed by atoms with Crippen LogP contribution in [-0.4, -0.2) is 28.0 Å². The Morgan fingerprint density at radius 1 is 1.27 bits per heavy atom. The van der Waals surface area contributed by atoms with Crippen molar-refractivity contribution in [1.29, 1.82) is 0 Å². The van der Waals surface area contributed by atoms with E-state index in [1.807, 2.05) is 12.1 Å². The fraction of sp³-hybridized carbons (Fsp3) is 0.333. The number of benzene rings is 1. The van der Waals surface area contributed by atoms with Crippen molar-refractivity contribution >= 4 is 6.08 Å². The van der Waals surface area contributed by atoms with Crippen molar-refractivity contribution in [2.24, 2.45) is 0 Å². The van der Waals surface area contributed by atoms with Crippen LogP contribution in [0.25, 0.3) is 6.08 Å². The largest absolute Gasteiger partial charge is 0.396 e. The minimum absolute atomic E-state index is 0.144. The van der Waals surface area contributed by atoms with Gasteiger partial charge in [0, 0.05) is 6.61 Å². The summed E-state index contributed by atoms with van der Waals surface area (Å²) in [5.74, 6) is 0. The molecule has 1 aromatic rings. The van der Waals surface area contributed by atoms with Crippen molar-refractivity contribution in [2.75, 3.05) is 6.61 Å². The number of aliphatic hydroxyl groups excluding tert-OH is 3. The van der Waals surface area contributed by atoms with E-state index in [1.165, 1.54) is 0 Å². The number of rotatable bonds is 5. The molecule has 2 atom stereocenters. The Morgan fingerprint density at radius 2 is 1.93 bits per heavy atom. The number of hydrogen-bond acceptors (Lipinski definition) is 3. The van der Waals surface area contributed by atoms with Gasteiger partial charge in [-0.2, -0.15) is 0 Å². The zero-order chi connectivity index (χ0) is 11.3. The minimum Gasteiger partial charge on any atom is -0.396 e. The Balaban J connectivity index is 2.89. The molecule has 1 rings (SSSR count). The van der Waals surface area contributed by atoms with E-state index in [-0.39, 0.29) is 13.0 Å². The van der Waals surface area contributed by atoms with Gasteiger partial charge in [0.05, 0.1) is 6.10 Å². The van der Waals surface area contributed by atoms with Crippen LogP contribution in [0.5, 0.6) is 0 Å². The van der Waals surface area contributed by atoms with Gasteiger partial charge in [0.1, 0.15) is 6.10 Å². The summed E-state index contributed by atoms with van der Waals surface area (Å²) in [6.45, 7) is 3.49. The molecule has 0 amide bonds. The lowest BCUT2D eigenvalue weighted by molar-refractivity contribution is 0.00411. The van der Waals surface area contributed by atoms with Gasteiger partial charge in [-0.3, -0.25) is 0 Å². The van der Waals surface area contributed by atoms with E-state index in [0.717, 1.165) is 5.56 Å². The van der Waals surface area contributed by atoms with E-state index in [1.54, 1.807) is 18.2 Å². The van der Waals surface area contributed by atoms with Crippen molar-refractivity contribution in [2.45, 2.75) is 18.6 Å². The third-order valence-electron chi connectivity index (χ3n) is 2.32. The van der Waals surface area contributed by atoms with E-state index in [9.17, 15) is 10.2 Å². The summed E-state index contributed by atoms with van der Waals surface area (Å²) in [5.41, 5.74) is 1.43. The maximum atomic E-state index is 9.82. The van der Waals surface area contributed by atoms with Crippen molar-refractivity contribution in [3.05, 3.63) is 42.0 Å². The summed E-state index contributed by atoms with van der Waals surface area (Å²) in [5, 5.41) is 28.0. The predicted molar refractivity (Wildman–Crippen MR) is 59.2 cm³/mol. The summed E-state index contributed by atoms with van der Waals surface area (Å²) in [7, 11) is 0. The van der Waals surface area contributed by atoms with Gasteiger partial charge < -0.3 is 15.3 Å². The molecule has 3 heteroatoms. The maximum absolute atomic E-state index is 9.82. The first-order valence-corrected chi connectivity index (χ1v) is 4.89. The summed E-state index contributed by atoms with van der Waals surface area (Å²) >= 11 is 0. The van der Waals surface area contributed by atoms with Gasteiger partial charge in [-0.25, -0.2) is 0 Å². The number of aliphatic hydroxyl groups is 3. The van der Waals surface area contributed by atoms with Crippen LogP contribution in [0, 0.1) is 0 Å².